The Hall–Kier alpha value is -3.10. The second-order valence-corrected chi connectivity index (χ2v) is 9.99. The normalized spacial score (nSPS) is 11.1. The van der Waals surface area contributed by atoms with Gasteiger partial charge in [-0.3, -0.25) is 0 Å². The number of benzene rings is 2. The van der Waals surface area contributed by atoms with Gasteiger partial charge in [0.2, 0.25) is 0 Å². The summed E-state index contributed by atoms with van der Waals surface area (Å²) in [6, 6.07) is 13.0. The molecule has 0 saturated heterocycles. The third kappa shape index (κ3) is 7.70. The number of nitrogens with one attached hydrogen (secondary N) is 1. The molecule has 0 atom stereocenters. The first-order valence-electron chi connectivity index (χ1n) is 10.9. The number of carbonyl (C=O) groups is 2. The number of alkyl carbamates (subject to hydrolysis) is 1. The molecule has 0 aliphatic heterocycles. The highest BCUT2D eigenvalue weighted by Gasteiger charge is 2.24. The van der Waals surface area contributed by atoms with Crippen molar-refractivity contribution in [3.63, 3.8) is 0 Å². The molecule has 35 heavy (non-hydrogen) atoms. The summed E-state index contributed by atoms with van der Waals surface area (Å²) in [5, 5.41) is 3.29. The first-order chi connectivity index (χ1) is 16.7. The molecule has 3 aromatic rings. The minimum absolute atomic E-state index is 0.110. The Kier molecular flexibility index (Phi) is 9.12. The molecule has 0 bridgehead atoms. The summed E-state index contributed by atoms with van der Waals surface area (Å²) in [5.41, 5.74) is 1.88. The summed E-state index contributed by atoms with van der Waals surface area (Å²) in [7, 11) is 1.33. The van der Waals surface area contributed by atoms with Gasteiger partial charge in [0.25, 0.3) is 0 Å². The fourth-order valence-electron chi connectivity index (χ4n) is 3.20. The van der Waals surface area contributed by atoms with E-state index in [2.05, 4.69) is 5.32 Å². The molecule has 7 nitrogen and oxygen atoms in total. The van der Waals surface area contributed by atoms with Crippen LogP contribution in [-0.4, -0.2) is 37.9 Å². The van der Waals surface area contributed by atoms with Crippen LogP contribution < -0.4 is 10.1 Å². The Morgan fingerprint density at radius 3 is 2.60 bits per heavy atom. The van der Waals surface area contributed by atoms with E-state index < -0.39 is 17.7 Å². The lowest BCUT2D eigenvalue weighted by Gasteiger charge is -2.20. The predicted octanol–water partition coefficient (Wildman–Crippen LogP) is 6.58. The highest BCUT2D eigenvalue weighted by atomic mass is 35.5. The molecule has 1 N–H and O–H groups in total. The molecule has 1 amide bonds. The van der Waals surface area contributed by atoms with Gasteiger partial charge in [-0.2, -0.15) is 0 Å². The lowest BCUT2D eigenvalue weighted by molar-refractivity contribution is 0.0516. The lowest BCUT2D eigenvalue weighted by Crippen LogP contribution is -2.34. The van der Waals surface area contributed by atoms with Crippen LogP contribution >= 0.6 is 23.4 Å². The Morgan fingerprint density at radius 2 is 1.94 bits per heavy atom. The molecule has 0 aliphatic rings. The quantitative estimate of drug-likeness (QED) is 0.195. The number of amides is 1. The highest BCUT2D eigenvalue weighted by Crippen LogP contribution is 2.38. The monoisotopic (exact) mass is 517 g/mol. The van der Waals surface area contributed by atoms with Crippen LogP contribution in [0.3, 0.4) is 0 Å². The molecule has 0 fully saturated rings. The van der Waals surface area contributed by atoms with E-state index in [4.69, 9.17) is 30.2 Å². The summed E-state index contributed by atoms with van der Waals surface area (Å²) < 4.78 is 21.7. The maximum Gasteiger partial charge on any atom is 0.407 e. The van der Waals surface area contributed by atoms with E-state index in [1.807, 2.05) is 36.4 Å². The molecule has 1 aromatic heterocycles. The third-order valence-electron chi connectivity index (χ3n) is 4.67. The smallest absolute Gasteiger partial charge is 0.407 e. The minimum atomic E-state index is -0.605. The van der Waals surface area contributed by atoms with Crippen LogP contribution in [0, 0.1) is 0 Å². The molecule has 186 valence electrons. The molecule has 0 saturated carbocycles. The SMILES string of the molecule is COC(=O)c1c(CSc2cccc(Cl)c2)ccc(-c2ccoc2)c1OCCNC(=O)OC(C)(C)C. The van der Waals surface area contributed by atoms with Gasteiger partial charge in [-0.1, -0.05) is 29.8 Å². The van der Waals surface area contributed by atoms with Crippen molar-refractivity contribution in [1.29, 1.82) is 0 Å². The predicted molar refractivity (Wildman–Crippen MR) is 136 cm³/mol. The van der Waals surface area contributed by atoms with Crippen molar-refractivity contribution in [2.24, 2.45) is 0 Å². The van der Waals surface area contributed by atoms with Crippen molar-refractivity contribution in [3.05, 3.63) is 71.1 Å². The number of esters is 1. The van der Waals surface area contributed by atoms with E-state index in [1.165, 1.54) is 18.9 Å². The second-order valence-electron chi connectivity index (χ2n) is 8.50. The zero-order valence-electron chi connectivity index (χ0n) is 20.1. The van der Waals surface area contributed by atoms with Crippen molar-refractivity contribution in [3.8, 4) is 16.9 Å². The third-order valence-corrected chi connectivity index (χ3v) is 5.95. The molecular weight excluding hydrogens is 490 g/mol. The standard InChI is InChI=1S/C26H28ClNO6S/c1-26(2,3)34-25(30)28-11-13-33-23-21(17-10-12-32-15-17)9-8-18(22(23)24(29)31-4)16-35-20-7-5-6-19(27)14-20/h5-10,12,14-15H,11,13,16H2,1-4H3,(H,28,30). The highest BCUT2D eigenvalue weighted by molar-refractivity contribution is 7.98. The zero-order valence-corrected chi connectivity index (χ0v) is 21.6. The van der Waals surface area contributed by atoms with E-state index in [-0.39, 0.29) is 13.2 Å². The Morgan fingerprint density at radius 1 is 1.14 bits per heavy atom. The first-order valence-corrected chi connectivity index (χ1v) is 12.3. The topological polar surface area (TPSA) is 87.0 Å². The number of halogens is 1. The fraction of sp³-hybridized carbons (Fsp3) is 0.308. The molecule has 0 unspecified atom stereocenters. The van der Waals surface area contributed by atoms with Crippen LogP contribution in [-0.2, 0) is 15.2 Å². The Balaban J connectivity index is 1.86. The number of thioether (sulfide) groups is 1. The number of furan rings is 1. The molecule has 0 radical (unpaired) electrons. The Bertz CT molecular complexity index is 1160. The molecule has 0 aliphatic carbocycles. The van der Waals surface area contributed by atoms with Crippen molar-refractivity contribution in [1.82, 2.24) is 5.32 Å². The van der Waals surface area contributed by atoms with E-state index in [0.29, 0.717) is 27.7 Å². The molecule has 3 rings (SSSR count). The van der Waals surface area contributed by atoms with Crippen molar-refractivity contribution >= 4 is 35.4 Å². The summed E-state index contributed by atoms with van der Waals surface area (Å²) in [4.78, 5) is 25.8. The largest absolute Gasteiger partial charge is 0.490 e. The van der Waals surface area contributed by atoms with Gasteiger partial charge in [0.05, 0.1) is 26.2 Å². The number of ether oxygens (including phenoxy) is 3. The average molecular weight is 518 g/mol. The number of methoxy groups -OCH3 is 1. The summed E-state index contributed by atoms with van der Waals surface area (Å²) >= 11 is 7.65. The summed E-state index contributed by atoms with van der Waals surface area (Å²) in [6.07, 6.45) is 2.57. The lowest BCUT2D eigenvalue weighted by atomic mass is 9.99. The van der Waals surface area contributed by atoms with Crippen LogP contribution in [0.5, 0.6) is 5.75 Å². The van der Waals surface area contributed by atoms with Gasteiger partial charge in [-0.05, 0) is 50.6 Å². The van der Waals surface area contributed by atoms with Crippen molar-refractivity contribution in [2.75, 3.05) is 20.3 Å². The van der Waals surface area contributed by atoms with E-state index in [1.54, 1.807) is 39.4 Å². The average Bonchev–Trinajstić information content (AvgIpc) is 3.33. The second kappa shape index (κ2) is 12.0. The molecule has 9 heteroatoms. The maximum atomic E-state index is 12.9. The van der Waals surface area contributed by atoms with Crippen molar-refractivity contribution < 1.29 is 28.2 Å². The first kappa shape index (κ1) is 26.5. The van der Waals surface area contributed by atoms with E-state index in [9.17, 15) is 9.59 Å². The van der Waals surface area contributed by atoms with Crippen LogP contribution in [0.4, 0.5) is 4.79 Å². The van der Waals surface area contributed by atoms with E-state index in [0.717, 1.165) is 16.0 Å². The van der Waals surface area contributed by atoms with Crippen LogP contribution in [0.25, 0.3) is 11.1 Å². The van der Waals surface area contributed by atoms with Crippen molar-refractivity contribution in [2.45, 2.75) is 37.0 Å². The van der Waals surface area contributed by atoms with Crippen LogP contribution in [0.1, 0.15) is 36.7 Å². The van der Waals surface area contributed by atoms with Gasteiger partial charge < -0.3 is 23.9 Å². The maximum absolute atomic E-state index is 12.9. The van der Waals surface area contributed by atoms with Crippen LogP contribution in [0.15, 0.2) is 64.3 Å². The van der Waals surface area contributed by atoms with Crippen LogP contribution in [0.2, 0.25) is 5.02 Å². The molecule has 1 heterocycles. The van der Waals surface area contributed by atoms with Gasteiger partial charge in [0.1, 0.15) is 23.5 Å². The minimum Gasteiger partial charge on any atom is -0.490 e. The number of hydrogen-bond acceptors (Lipinski definition) is 7. The zero-order chi connectivity index (χ0) is 25.4. The summed E-state index contributed by atoms with van der Waals surface area (Å²) in [5.74, 6) is 0.323. The van der Waals surface area contributed by atoms with E-state index >= 15 is 0 Å². The number of hydrogen-bond donors (Lipinski definition) is 1. The fourth-order valence-corrected chi connectivity index (χ4v) is 4.41. The van der Waals surface area contributed by atoms with Gasteiger partial charge in [0.15, 0.2) is 0 Å². The Labute approximate surface area is 214 Å². The molecule has 2 aromatic carbocycles. The molecular formula is C26H28ClNO6S. The molecule has 0 spiro atoms. The number of rotatable bonds is 9. The number of carbonyl (C=O) groups excluding carboxylic acids is 2. The van der Waals surface area contributed by atoms with Gasteiger partial charge in [-0.15, -0.1) is 11.8 Å². The van der Waals surface area contributed by atoms with Gasteiger partial charge in [-0.25, -0.2) is 9.59 Å². The van der Waals surface area contributed by atoms with Gasteiger partial charge >= 0.3 is 12.1 Å². The summed E-state index contributed by atoms with van der Waals surface area (Å²) in [6.45, 7) is 5.66. The van der Waals surface area contributed by atoms with Gasteiger partial charge in [0, 0.05) is 26.8 Å².